The van der Waals surface area contributed by atoms with Crippen molar-refractivity contribution >= 4 is 28.3 Å². The van der Waals surface area contributed by atoms with Crippen molar-refractivity contribution in [2.75, 3.05) is 49.5 Å². The van der Waals surface area contributed by atoms with Crippen molar-refractivity contribution in [2.45, 2.75) is 25.3 Å². The largest absolute Gasteiger partial charge is 0.360 e. The van der Waals surface area contributed by atoms with E-state index in [0.717, 1.165) is 59.6 Å². The number of nitrogens with zero attached hydrogens (tertiary/aromatic N) is 4. The van der Waals surface area contributed by atoms with Gasteiger partial charge in [0, 0.05) is 93.7 Å². The molecule has 2 fully saturated rings. The molecule has 1 amide bonds. The summed E-state index contributed by atoms with van der Waals surface area (Å²) in [5, 5.41) is 7.10. The van der Waals surface area contributed by atoms with Crippen LogP contribution in [0.1, 0.15) is 28.8 Å². The number of aromatic nitrogens is 3. The molecule has 3 N–H and O–H groups in total. The zero-order valence-corrected chi connectivity index (χ0v) is 21.6. The summed E-state index contributed by atoms with van der Waals surface area (Å²) in [6, 6.07) is 11.8. The van der Waals surface area contributed by atoms with Crippen LogP contribution in [0.25, 0.3) is 22.0 Å². The van der Waals surface area contributed by atoms with Crippen molar-refractivity contribution in [1.82, 2.24) is 25.2 Å². The van der Waals surface area contributed by atoms with Crippen molar-refractivity contribution in [1.29, 1.82) is 0 Å². The number of fused-ring (bicyclic) bond motifs is 1. The number of nitrogens with one attached hydrogen (secondary N) is 3. The second-order valence-electron chi connectivity index (χ2n) is 10.3. The van der Waals surface area contributed by atoms with E-state index in [-0.39, 0.29) is 18.7 Å². The summed E-state index contributed by atoms with van der Waals surface area (Å²) in [4.78, 5) is 29.6. The van der Waals surface area contributed by atoms with E-state index in [1.54, 1.807) is 24.8 Å². The summed E-state index contributed by atoms with van der Waals surface area (Å²) in [7, 11) is 0. The monoisotopic (exact) mass is 531 g/mol. The van der Waals surface area contributed by atoms with E-state index >= 15 is 0 Å². The molecule has 10 heteroatoms. The van der Waals surface area contributed by atoms with Crippen LogP contribution in [0.4, 0.5) is 20.3 Å². The number of carbonyl (C=O) groups excluding carboxylic acids is 1. The first-order valence-corrected chi connectivity index (χ1v) is 13.3. The van der Waals surface area contributed by atoms with Gasteiger partial charge in [-0.2, -0.15) is 0 Å². The number of amides is 1. The Kier molecular flexibility index (Phi) is 6.97. The van der Waals surface area contributed by atoms with E-state index in [2.05, 4.69) is 30.5 Å². The highest BCUT2D eigenvalue weighted by Gasteiger charge is 2.33. The van der Waals surface area contributed by atoms with E-state index in [9.17, 15) is 13.6 Å². The Bertz CT molecular complexity index is 1450. The van der Waals surface area contributed by atoms with Crippen molar-refractivity contribution < 1.29 is 13.6 Å². The minimum absolute atomic E-state index is 0.106. The van der Waals surface area contributed by atoms with Gasteiger partial charge in [-0.3, -0.25) is 14.7 Å². The molecule has 3 aromatic heterocycles. The summed E-state index contributed by atoms with van der Waals surface area (Å²) in [5.41, 5.74) is 4.85. The summed E-state index contributed by atoms with van der Waals surface area (Å²) in [5.74, 6) is -1.87. The lowest BCUT2D eigenvalue weighted by atomic mass is 10.0. The molecule has 8 nitrogen and oxygen atoms in total. The van der Waals surface area contributed by atoms with Crippen LogP contribution < -0.4 is 15.5 Å². The third-order valence-electron chi connectivity index (χ3n) is 7.50. The van der Waals surface area contributed by atoms with E-state index in [0.29, 0.717) is 30.9 Å². The molecule has 0 radical (unpaired) electrons. The number of anilines is 2. The summed E-state index contributed by atoms with van der Waals surface area (Å²) in [6.07, 6.45) is 6.76. The topological polar surface area (TPSA) is 89.2 Å². The van der Waals surface area contributed by atoms with Crippen LogP contribution in [0.3, 0.4) is 0 Å². The number of likely N-dealkylation sites (tertiary alicyclic amines) is 1. The zero-order chi connectivity index (χ0) is 26.8. The van der Waals surface area contributed by atoms with Gasteiger partial charge in [0.15, 0.2) is 0 Å². The first-order valence-electron chi connectivity index (χ1n) is 13.3. The number of carbonyl (C=O) groups is 1. The lowest BCUT2D eigenvalue weighted by Crippen LogP contribution is -2.43. The third-order valence-corrected chi connectivity index (χ3v) is 7.50. The van der Waals surface area contributed by atoms with Gasteiger partial charge >= 0.3 is 0 Å². The Balaban J connectivity index is 1.17. The van der Waals surface area contributed by atoms with Gasteiger partial charge in [0.2, 0.25) is 0 Å². The number of piperidine rings is 1. The average Bonchev–Trinajstić information content (AvgIpc) is 3.39. The Labute approximate surface area is 225 Å². The molecule has 2 saturated heterocycles. The Morgan fingerprint density at radius 3 is 2.56 bits per heavy atom. The predicted octanol–water partition coefficient (Wildman–Crippen LogP) is 4.52. The van der Waals surface area contributed by atoms with Crippen molar-refractivity contribution in [3.8, 4) is 11.1 Å². The van der Waals surface area contributed by atoms with E-state index in [1.165, 1.54) is 0 Å². The Morgan fingerprint density at radius 1 is 0.974 bits per heavy atom. The smallest absolute Gasteiger partial charge is 0.257 e. The number of alkyl halides is 2. The van der Waals surface area contributed by atoms with Crippen molar-refractivity contribution in [3.05, 3.63) is 72.3 Å². The number of piperazine rings is 1. The summed E-state index contributed by atoms with van der Waals surface area (Å²) >= 11 is 0. The number of aromatic amines is 1. The molecule has 6 rings (SSSR count). The molecule has 0 aliphatic carbocycles. The van der Waals surface area contributed by atoms with Gasteiger partial charge in [0.25, 0.3) is 11.8 Å². The second kappa shape index (κ2) is 10.7. The van der Waals surface area contributed by atoms with Crippen LogP contribution in [0.2, 0.25) is 0 Å². The van der Waals surface area contributed by atoms with Gasteiger partial charge in [-0.25, -0.2) is 13.8 Å². The average molecular weight is 532 g/mol. The minimum atomic E-state index is -2.56. The maximum absolute atomic E-state index is 13.5. The first kappa shape index (κ1) is 25.4. The SMILES string of the molecule is O=C(Nc1ccc(N2CCNCC2)nc1)c1c[nH]c2ccc(-c3cncc(CN4CCC(F)(F)CC4)c3)cc12. The molecule has 2 aliphatic heterocycles. The van der Waals surface area contributed by atoms with Crippen LogP contribution in [0.5, 0.6) is 0 Å². The summed E-state index contributed by atoms with van der Waals surface area (Å²) < 4.78 is 27.0. The number of benzene rings is 1. The van der Waals surface area contributed by atoms with E-state index < -0.39 is 5.92 Å². The fraction of sp³-hybridized carbons (Fsp3) is 0.345. The van der Waals surface area contributed by atoms with E-state index in [4.69, 9.17) is 0 Å². The van der Waals surface area contributed by atoms with Crippen LogP contribution in [-0.2, 0) is 6.54 Å². The van der Waals surface area contributed by atoms with Crippen molar-refractivity contribution in [3.63, 3.8) is 0 Å². The predicted molar refractivity (Wildman–Crippen MR) is 148 cm³/mol. The number of halogens is 2. The first-order chi connectivity index (χ1) is 18.9. The lowest BCUT2D eigenvalue weighted by molar-refractivity contribution is -0.0566. The fourth-order valence-electron chi connectivity index (χ4n) is 5.26. The zero-order valence-electron chi connectivity index (χ0n) is 21.6. The molecular formula is C29H31F2N7O. The van der Waals surface area contributed by atoms with Crippen molar-refractivity contribution in [2.24, 2.45) is 0 Å². The van der Waals surface area contributed by atoms with Crippen LogP contribution in [0, 0.1) is 0 Å². The molecule has 5 heterocycles. The van der Waals surface area contributed by atoms with Gasteiger partial charge < -0.3 is 20.5 Å². The fourth-order valence-corrected chi connectivity index (χ4v) is 5.26. The molecule has 2 aliphatic rings. The van der Waals surface area contributed by atoms with Gasteiger partial charge in [0.05, 0.1) is 17.4 Å². The van der Waals surface area contributed by atoms with Crippen LogP contribution in [0.15, 0.2) is 61.2 Å². The molecule has 0 saturated carbocycles. The number of hydrogen-bond donors (Lipinski definition) is 3. The van der Waals surface area contributed by atoms with Gasteiger partial charge in [0.1, 0.15) is 5.82 Å². The number of hydrogen-bond acceptors (Lipinski definition) is 6. The van der Waals surface area contributed by atoms with Gasteiger partial charge in [-0.15, -0.1) is 0 Å². The van der Waals surface area contributed by atoms with Crippen LogP contribution in [-0.4, -0.2) is 71.0 Å². The maximum Gasteiger partial charge on any atom is 0.257 e. The normalized spacial score (nSPS) is 17.8. The minimum Gasteiger partial charge on any atom is -0.360 e. The van der Waals surface area contributed by atoms with Gasteiger partial charge in [-0.1, -0.05) is 6.07 Å². The molecule has 0 atom stereocenters. The maximum atomic E-state index is 13.5. The molecule has 4 aromatic rings. The quantitative estimate of drug-likeness (QED) is 0.339. The molecule has 0 spiro atoms. The molecule has 0 unspecified atom stereocenters. The summed E-state index contributed by atoms with van der Waals surface area (Å²) in [6.45, 7) is 5.01. The number of pyridine rings is 2. The van der Waals surface area contributed by atoms with Crippen LogP contribution >= 0.6 is 0 Å². The molecule has 202 valence electrons. The highest BCUT2D eigenvalue weighted by atomic mass is 19.3. The van der Waals surface area contributed by atoms with E-state index in [1.807, 2.05) is 41.3 Å². The Morgan fingerprint density at radius 2 is 1.79 bits per heavy atom. The standard InChI is InChI=1S/C29H31F2N7O/c30-29(31)5-9-37(10-6-29)19-20-13-22(16-33-15-20)21-1-3-26-24(14-21)25(18-34-26)28(39)36-23-2-4-27(35-17-23)38-11-7-32-8-12-38/h1-4,13-18,32,34H,5-12,19H2,(H,36,39). The third kappa shape index (κ3) is 5.76. The lowest BCUT2D eigenvalue weighted by Gasteiger charge is -2.31. The molecule has 0 bridgehead atoms. The Hall–Kier alpha value is -3.89. The molecular weight excluding hydrogens is 500 g/mol. The van der Waals surface area contributed by atoms with Gasteiger partial charge in [-0.05, 0) is 41.5 Å². The molecule has 1 aromatic carbocycles. The highest BCUT2D eigenvalue weighted by Crippen LogP contribution is 2.30. The number of H-pyrrole nitrogens is 1. The second-order valence-corrected chi connectivity index (χ2v) is 10.3. The highest BCUT2D eigenvalue weighted by molar-refractivity contribution is 6.13. The number of rotatable bonds is 6. The molecule has 39 heavy (non-hydrogen) atoms.